The molecule has 9 nitrogen and oxygen atoms in total. The predicted octanol–water partition coefficient (Wildman–Crippen LogP) is 5.70. The van der Waals surface area contributed by atoms with Gasteiger partial charge in [0.15, 0.2) is 6.29 Å². The van der Waals surface area contributed by atoms with Crippen LogP contribution < -0.4 is 10.4 Å². The number of hydroxylamine groups is 1. The number of hydrogen-bond acceptors (Lipinski definition) is 7. The molecule has 2 aliphatic heterocycles. The fraction of sp³-hybridized carbons (Fsp3) is 0.727. The molecule has 2 saturated heterocycles. The van der Waals surface area contributed by atoms with Crippen LogP contribution in [0, 0.1) is 23.2 Å². The maximum atomic E-state index is 13.5. The lowest BCUT2D eigenvalue weighted by molar-refractivity contribution is -0.198. The summed E-state index contributed by atoms with van der Waals surface area (Å²) in [6, 6.07) is 3.72. The van der Waals surface area contributed by atoms with Gasteiger partial charge < -0.3 is 14.4 Å². The number of hydrogen-bond donors (Lipinski definition) is 1. The van der Waals surface area contributed by atoms with Crippen LogP contribution in [0.1, 0.15) is 90.5 Å². The lowest BCUT2D eigenvalue weighted by Gasteiger charge is -2.57. The van der Waals surface area contributed by atoms with E-state index in [1.54, 1.807) is 17.2 Å². The van der Waals surface area contributed by atoms with Gasteiger partial charge in [-0.15, -0.1) is 0 Å². The first-order valence-electron chi connectivity index (χ1n) is 16.1. The fourth-order valence-corrected chi connectivity index (χ4v) is 8.64. The molecule has 42 heavy (non-hydrogen) atoms. The van der Waals surface area contributed by atoms with E-state index in [0.717, 1.165) is 68.6 Å². The Morgan fingerprint density at radius 1 is 1.12 bits per heavy atom. The highest BCUT2D eigenvalue weighted by Gasteiger charge is 2.52. The molecule has 1 aromatic rings. The molecule has 0 radical (unpaired) electrons. The van der Waals surface area contributed by atoms with Crippen molar-refractivity contribution in [2.75, 3.05) is 31.1 Å². The largest absolute Gasteiger partial charge is 0.443 e. The SMILES string of the molecule is CC(C)(C)OC(=O)N(c1ccc(C=CC(=O)NOC2CCCCO2)cn1)[C@@H]1CCN(CC23CC4CC(CC(C4)C2)C3)C1. The van der Waals surface area contributed by atoms with Crippen molar-refractivity contribution in [2.24, 2.45) is 23.2 Å². The van der Waals surface area contributed by atoms with Gasteiger partial charge in [-0.25, -0.2) is 20.1 Å². The first-order chi connectivity index (χ1) is 20.1. The number of amides is 2. The van der Waals surface area contributed by atoms with Gasteiger partial charge in [-0.1, -0.05) is 0 Å². The molecule has 1 unspecified atom stereocenters. The molecule has 9 heteroatoms. The summed E-state index contributed by atoms with van der Waals surface area (Å²) >= 11 is 0. The molecule has 7 rings (SSSR count). The molecule has 1 N–H and O–H groups in total. The summed E-state index contributed by atoms with van der Waals surface area (Å²) in [4.78, 5) is 40.1. The molecule has 3 heterocycles. The summed E-state index contributed by atoms with van der Waals surface area (Å²) in [5.41, 5.74) is 3.06. The van der Waals surface area contributed by atoms with Crippen LogP contribution in [0.2, 0.25) is 0 Å². The molecule has 2 amide bonds. The van der Waals surface area contributed by atoms with Crippen molar-refractivity contribution in [1.29, 1.82) is 0 Å². The highest BCUT2D eigenvalue weighted by Crippen LogP contribution is 2.60. The third kappa shape index (κ3) is 7.17. The number of nitrogens with zero attached hydrogens (tertiary/aromatic N) is 3. The number of ether oxygens (including phenoxy) is 2. The molecule has 6 aliphatic rings. The van der Waals surface area contributed by atoms with E-state index < -0.39 is 11.9 Å². The Labute approximate surface area is 250 Å². The van der Waals surface area contributed by atoms with E-state index in [2.05, 4.69) is 15.4 Å². The Bertz CT molecular complexity index is 1100. The third-order valence-corrected chi connectivity index (χ3v) is 9.80. The number of aromatic nitrogens is 1. The zero-order valence-corrected chi connectivity index (χ0v) is 25.6. The summed E-state index contributed by atoms with van der Waals surface area (Å²) in [5, 5.41) is 0. The maximum Gasteiger partial charge on any atom is 0.416 e. The van der Waals surface area contributed by atoms with Gasteiger partial charge in [-0.05, 0) is 125 Å². The Morgan fingerprint density at radius 2 is 1.86 bits per heavy atom. The normalized spacial score (nSPS) is 32.8. The summed E-state index contributed by atoms with van der Waals surface area (Å²) in [6.45, 7) is 9.33. The van der Waals surface area contributed by atoms with E-state index in [-0.39, 0.29) is 18.0 Å². The van der Waals surface area contributed by atoms with Crippen LogP contribution in [0.4, 0.5) is 10.6 Å². The van der Waals surface area contributed by atoms with E-state index >= 15 is 0 Å². The quantitative estimate of drug-likeness (QED) is 0.311. The Hall–Kier alpha value is -2.49. The monoisotopic (exact) mass is 580 g/mol. The predicted molar refractivity (Wildman–Crippen MR) is 160 cm³/mol. The van der Waals surface area contributed by atoms with E-state index in [0.29, 0.717) is 17.8 Å². The zero-order valence-electron chi connectivity index (χ0n) is 25.6. The minimum Gasteiger partial charge on any atom is -0.443 e. The molecule has 0 aromatic carbocycles. The van der Waals surface area contributed by atoms with Crippen LogP contribution in [0.25, 0.3) is 6.08 Å². The van der Waals surface area contributed by atoms with Gasteiger partial charge in [0, 0.05) is 44.9 Å². The first kappa shape index (κ1) is 29.6. The average Bonchev–Trinajstić information content (AvgIpc) is 3.37. The molecule has 4 saturated carbocycles. The smallest absolute Gasteiger partial charge is 0.416 e. The Balaban J connectivity index is 1.09. The van der Waals surface area contributed by atoms with Crippen molar-refractivity contribution < 1.29 is 23.9 Å². The average molecular weight is 581 g/mol. The van der Waals surface area contributed by atoms with Crippen LogP contribution in [0.3, 0.4) is 0 Å². The van der Waals surface area contributed by atoms with Crippen molar-refractivity contribution in [3.63, 3.8) is 0 Å². The second kappa shape index (κ2) is 12.2. The second-order valence-corrected chi connectivity index (χ2v) is 14.6. The number of rotatable bonds is 8. The lowest BCUT2D eigenvalue weighted by Crippen LogP contribution is -2.51. The summed E-state index contributed by atoms with van der Waals surface area (Å²) in [7, 11) is 0. The number of anilines is 1. The van der Waals surface area contributed by atoms with E-state index in [9.17, 15) is 9.59 Å². The van der Waals surface area contributed by atoms with Gasteiger partial charge in [0.2, 0.25) is 0 Å². The van der Waals surface area contributed by atoms with E-state index in [1.807, 2.05) is 32.9 Å². The van der Waals surface area contributed by atoms with E-state index in [4.69, 9.17) is 14.3 Å². The molecular formula is C33H48N4O5. The molecule has 6 fully saturated rings. The zero-order chi connectivity index (χ0) is 29.3. The van der Waals surface area contributed by atoms with Crippen molar-refractivity contribution >= 4 is 23.9 Å². The molecule has 2 atom stereocenters. The van der Waals surface area contributed by atoms with Gasteiger partial charge in [0.1, 0.15) is 11.4 Å². The van der Waals surface area contributed by atoms with Crippen molar-refractivity contribution in [3.8, 4) is 0 Å². The molecule has 4 aliphatic carbocycles. The minimum absolute atomic E-state index is 0.00703. The fourth-order valence-electron chi connectivity index (χ4n) is 8.64. The minimum atomic E-state index is -0.604. The van der Waals surface area contributed by atoms with Crippen LogP contribution >= 0.6 is 0 Å². The van der Waals surface area contributed by atoms with E-state index in [1.165, 1.54) is 44.6 Å². The maximum absolute atomic E-state index is 13.5. The number of nitrogens with one attached hydrogen (secondary N) is 1. The van der Waals surface area contributed by atoms with Crippen LogP contribution in [-0.2, 0) is 19.1 Å². The van der Waals surface area contributed by atoms with Gasteiger partial charge in [0.05, 0.1) is 6.04 Å². The summed E-state index contributed by atoms with van der Waals surface area (Å²) < 4.78 is 11.3. The first-order valence-corrected chi connectivity index (χ1v) is 16.1. The topological polar surface area (TPSA) is 93.2 Å². The number of carbonyl (C=O) groups is 2. The number of pyridine rings is 1. The van der Waals surface area contributed by atoms with Gasteiger partial charge in [0.25, 0.3) is 5.91 Å². The summed E-state index contributed by atoms with van der Waals surface area (Å²) in [5.74, 6) is 3.02. The van der Waals surface area contributed by atoms with Crippen LogP contribution in [0.15, 0.2) is 24.4 Å². The molecule has 4 bridgehead atoms. The van der Waals surface area contributed by atoms with Crippen molar-refractivity contribution in [1.82, 2.24) is 15.4 Å². The lowest BCUT2D eigenvalue weighted by atomic mass is 9.49. The molecule has 0 spiro atoms. The van der Waals surface area contributed by atoms with Crippen molar-refractivity contribution in [3.05, 3.63) is 30.0 Å². The number of carbonyl (C=O) groups excluding carboxylic acids is 2. The second-order valence-electron chi connectivity index (χ2n) is 14.6. The number of likely N-dealkylation sites (tertiary alicyclic amines) is 1. The molecule has 230 valence electrons. The summed E-state index contributed by atoms with van der Waals surface area (Å²) in [6.07, 6.45) is 16.3. The highest BCUT2D eigenvalue weighted by molar-refractivity contribution is 5.91. The van der Waals surface area contributed by atoms with Gasteiger partial charge >= 0.3 is 6.09 Å². The van der Waals surface area contributed by atoms with Crippen LogP contribution in [0.5, 0.6) is 0 Å². The van der Waals surface area contributed by atoms with Crippen molar-refractivity contribution in [2.45, 2.75) is 103 Å². The van der Waals surface area contributed by atoms with Gasteiger partial charge in [-0.3, -0.25) is 9.69 Å². The standard InChI is InChI=1S/C33H48N4O5/c1-32(2,3)41-31(39)37(27-11-12-36(21-27)22-33-17-24-14-25(18-33)16-26(15-24)19-33)28-9-7-23(20-34-28)8-10-29(38)35-42-30-6-4-5-13-40-30/h7-10,20,24-27,30H,4-6,11-19,21-22H2,1-3H3,(H,35,38)/t24?,25?,26?,27-,30?,33?/m1/s1. The van der Waals surface area contributed by atoms with Gasteiger partial charge in [-0.2, -0.15) is 0 Å². The Morgan fingerprint density at radius 3 is 2.48 bits per heavy atom. The Kier molecular flexibility index (Phi) is 8.63. The third-order valence-electron chi connectivity index (χ3n) is 9.80. The highest BCUT2D eigenvalue weighted by atomic mass is 16.8. The molecular weight excluding hydrogens is 532 g/mol. The van der Waals surface area contributed by atoms with Crippen LogP contribution in [-0.4, -0.2) is 66.1 Å². The molecule has 1 aromatic heterocycles.